The van der Waals surface area contributed by atoms with Crippen molar-refractivity contribution in [2.24, 2.45) is 10.9 Å². The molecule has 0 aliphatic carbocycles. The lowest BCUT2D eigenvalue weighted by atomic mass is 9.99. The van der Waals surface area contributed by atoms with Crippen molar-refractivity contribution in [1.29, 1.82) is 0 Å². The number of benzene rings is 1. The van der Waals surface area contributed by atoms with E-state index in [1.54, 1.807) is 6.08 Å². The van der Waals surface area contributed by atoms with E-state index >= 15 is 0 Å². The molecule has 0 aromatic heterocycles. The van der Waals surface area contributed by atoms with Crippen LogP contribution in [-0.4, -0.2) is 125 Å². The molecule has 4 aliphatic rings. The van der Waals surface area contributed by atoms with Gasteiger partial charge in [0.15, 0.2) is 0 Å². The number of ether oxygens (including phenoxy) is 1. The SMILES string of the molecule is C=N/C(=C\C=C(C)C)NC(=O)N[C@@H](Cc1cc(F)cc(F)c1)C(=O)N[C@@H]1C(=O)N2CCC[C@H]2C(=O)N2CCCC[C@H]2C(=O)N[C@@H](C)C(=O)N2C[C@H](C)C[C@H]2C(=O)O[C@H]1C. The van der Waals surface area contributed by atoms with Gasteiger partial charge in [-0.1, -0.05) is 18.6 Å². The molecule has 0 spiro atoms. The number of carbonyl (C=O) groups is 7. The summed E-state index contributed by atoms with van der Waals surface area (Å²) in [5, 5.41) is 10.3. The van der Waals surface area contributed by atoms with E-state index < -0.39 is 102 Å². The Morgan fingerprint density at radius 1 is 0.898 bits per heavy atom. The molecule has 7 amide bonds. The number of nitrogens with one attached hydrogen (secondary N) is 4. The first kappa shape index (κ1) is 44.4. The van der Waals surface area contributed by atoms with Crippen LogP contribution in [0.15, 0.2) is 46.7 Å². The van der Waals surface area contributed by atoms with Crippen molar-refractivity contribution in [1.82, 2.24) is 36.0 Å². The molecule has 4 saturated heterocycles. The first-order valence-electron chi connectivity index (χ1n) is 20.0. The Labute approximate surface area is 342 Å². The number of allylic oxidation sites excluding steroid dienone is 3. The zero-order valence-corrected chi connectivity index (χ0v) is 34.1. The van der Waals surface area contributed by atoms with Crippen LogP contribution in [0.5, 0.6) is 0 Å². The number of hydrogen-bond donors (Lipinski definition) is 4. The van der Waals surface area contributed by atoms with Gasteiger partial charge < -0.3 is 35.4 Å². The lowest BCUT2D eigenvalue weighted by Gasteiger charge is -2.39. The van der Waals surface area contributed by atoms with Gasteiger partial charge >= 0.3 is 12.0 Å². The number of fused-ring (bicyclic) bond motifs is 3. The van der Waals surface area contributed by atoms with Gasteiger partial charge in [0.2, 0.25) is 29.5 Å². The summed E-state index contributed by atoms with van der Waals surface area (Å²) in [6.07, 6.45) is 3.82. The summed E-state index contributed by atoms with van der Waals surface area (Å²) in [6.45, 7) is 12.4. The summed E-state index contributed by atoms with van der Waals surface area (Å²) in [4.78, 5) is 106. The van der Waals surface area contributed by atoms with E-state index in [4.69, 9.17) is 4.74 Å². The van der Waals surface area contributed by atoms with Crippen LogP contribution in [0, 0.1) is 17.6 Å². The fraction of sp³-hybridized carbons (Fsp3) is 0.561. The third-order valence-electron chi connectivity index (χ3n) is 11.0. The highest BCUT2D eigenvalue weighted by Crippen LogP contribution is 2.29. The number of amides is 7. The largest absolute Gasteiger partial charge is 0.458 e. The maximum absolute atomic E-state index is 14.7. The van der Waals surface area contributed by atoms with Crippen LogP contribution >= 0.6 is 0 Å². The second-order valence-electron chi connectivity index (χ2n) is 16.0. The van der Waals surface area contributed by atoms with Crippen molar-refractivity contribution in [3.63, 3.8) is 0 Å². The van der Waals surface area contributed by atoms with Crippen molar-refractivity contribution in [3.05, 3.63) is 58.9 Å². The van der Waals surface area contributed by atoms with Crippen LogP contribution in [0.2, 0.25) is 0 Å². The summed E-state index contributed by atoms with van der Waals surface area (Å²) in [7, 11) is 0. The number of carbonyl (C=O) groups excluding carboxylic acids is 7. The molecule has 0 bridgehead atoms. The average Bonchev–Trinajstić information content (AvgIpc) is 3.83. The maximum atomic E-state index is 14.7. The summed E-state index contributed by atoms with van der Waals surface area (Å²) in [5.74, 6) is -6.08. The van der Waals surface area contributed by atoms with Crippen molar-refractivity contribution in [2.45, 2.75) is 122 Å². The quantitative estimate of drug-likeness (QED) is 0.174. The van der Waals surface area contributed by atoms with E-state index in [1.807, 2.05) is 20.8 Å². The number of esters is 1. The fourth-order valence-corrected chi connectivity index (χ4v) is 8.09. The Balaban J connectivity index is 1.51. The topological polar surface area (TPSA) is 199 Å². The maximum Gasteiger partial charge on any atom is 0.329 e. The molecular weight excluding hydrogens is 770 g/mol. The first-order valence-corrected chi connectivity index (χ1v) is 20.0. The zero-order chi connectivity index (χ0) is 43.1. The van der Waals surface area contributed by atoms with Gasteiger partial charge in [-0.2, -0.15) is 0 Å². The number of hydrogen-bond acceptors (Lipinski definition) is 9. The van der Waals surface area contributed by atoms with Gasteiger partial charge in [-0.15, -0.1) is 0 Å². The second-order valence-corrected chi connectivity index (χ2v) is 16.0. The van der Waals surface area contributed by atoms with Crippen molar-refractivity contribution >= 4 is 48.3 Å². The number of piperidine rings is 1. The number of nitrogens with zero attached hydrogens (tertiary/aromatic N) is 4. The van der Waals surface area contributed by atoms with Gasteiger partial charge in [-0.25, -0.2) is 23.4 Å². The number of halogens is 2. The van der Waals surface area contributed by atoms with Crippen LogP contribution in [0.3, 0.4) is 0 Å². The number of urea groups is 1. The molecule has 0 saturated carbocycles. The van der Waals surface area contributed by atoms with Crippen molar-refractivity contribution in [3.8, 4) is 0 Å². The van der Waals surface area contributed by atoms with E-state index in [2.05, 4.69) is 33.0 Å². The highest BCUT2D eigenvalue weighted by Gasteiger charge is 2.47. The van der Waals surface area contributed by atoms with E-state index in [1.165, 1.54) is 34.6 Å². The lowest BCUT2D eigenvalue weighted by molar-refractivity contribution is -0.163. The standard InChI is InChI=1S/C41H54F2N8O8/c1-22(2)12-13-33(44-6)47-41(58)46-29(19-26-17-27(42)20-28(43)18-26)35(52)48-34-25(5)59-40(57)32-16-23(3)21-51(32)37(54)24(4)45-36(53)30-10-7-8-14-49(30)38(55)31-11-9-15-50(31)39(34)56/h12-13,17-18,20,23-25,29-32,34H,6-11,14-16,19,21H2,1-5H3,(H,45,53)(H,48,52)(H2,46,47,58)/b33-13+/t23-,24+,25+,29+,30+,31+,32+,34+/m1/s1. The van der Waals surface area contributed by atoms with Gasteiger partial charge in [0.25, 0.3) is 0 Å². The number of aliphatic imine (C=N–C) groups is 1. The zero-order valence-electron chi connectivity index (χ0n) is 34.1. The Morgan fingerprint density at radius 2 is 1.56 bits per heavy atom. The fourth-order valence-electron chi connectivity index (χ4n) is 8.09. The van der Waals surface area contributed by atoms with Gasteiger partial charge in [-0.05, 0) is 103 Å². The summed E-state index contributed by atoms with van der Waals surface area (Å²) in [6, 6.07) is -5.56. The molecule has 0 radical (unpaired) electrons. The van der Waals surface area contributed by atoms with Crippen LogP contribution < -0.4 is 21.3 Å². The van der Waals surface area contributed by atoms with Crippen LogP contribution in [-0.2, 0) is 39.9 Å². The highest BCUT2D eigenvalue weighted by molar-refractivity contribution is 5.98. The lowest BCUT2D eigenvalue weighted by Crippen LogP contribution is -2.63. The van der Waals surface area contributed by atoms with Crippen LogP contribution in [0.1, 0.15) is 78.7 Å². The molecular formula is C41H54F2N8O8. The Hall–Kier alpha value is -5.68. The molecule has 16 nitrogen and oxygen atoms in total. The predicted molar refractivity (Wildman–Crippen MR) is 211 cm³/mol. The van der Waals surface area contributed by atoms with Gasteiger partial charge in [0.1, 0.15) is 59.8 Å². The molecule has 4 N–H and O–H groups in total. The second kappa shape index (κ2) is 19.4. The molecule has 4 aliphatic heterocycles. The van der Waals surface area contributed by atoms with Gasteiger partial charge in [0, 0.05) is 32.1 Å². The third-order valence-corrected chi connectivity index (χ3v) is 11.0. The number of rotatable bonds is 8. The minimum atomic E-state index is -1.64. The molecule has 1 aromatic rings. The molecule has 8 atom stereocenters. The van der Waals surface area contributed by atoms with E-state index in [9.17, 15) is 42.3 Å². The normalized spacial score (nSPS) is 27.4. The Bertz CT molecular complexity index is 1880. The van der Waals surface area contributed by atoms with E-state index in [-0.39, 0.29) is 49.8 Å². The molecule has 18 heteroatoms. The minimum Gasteiger partial charge on any atom is -0.458 e. The van der Waals surface area contributed by atoms with E-state index in [0.29, 0.717) is 31.7 Å². The Kier molecular flexibility index (Phi) is 14.6. The summed E-state index contributed by atoms with van der Waals surface area (Å²) >= 11 is 0. The smallest absolute Gasteiger partial charge is 0.329 e. The van der Waals surface area contributed by atoms with Gasteiger partial charge in [0.05, 0.1) is 0 Å². The monoisotopic (exact) mass is 824 g/mol. The molecule has 1 aromatic carbocycles. The van der Waals surface area contributed by atoms with Crippen LogP contribution in [0.25, 0.3) is 0 Å². The average molecular weight is 825 g/mol. The molecule has 4 fully saturated rings. The molecule has 0 unspecified atom stereocenters. The minimum absolute atomic E-state index is 0.00596. The predicted octanol–water partition coefficient (Wildman–Crippen LogP) is 2.23. The molecule has 320 valence electrons. The van der Waals surface area contributed by atoms with Gasteiger partial charge in [-0.3, -0.25) is 29.3 Å². The highest BCUT2D eigenvalue weighted by atomic mass is 19.1. The summed E-state index contributed by atoms with van der Waals surface area (Å²) in [5.41, 5.74) is 0.876. The van der Waals surface area contributed by atoms with Crippen molar-refractivity contribution < 1.29 is 47.1 Å². The van der Waals surface area contributed by atoms with Crippen LogP contribution in [0.4, 0.5) is 13.6 Å². The third kappa shape index (κ3) is 10.9. The Morgan fingerprint density at radius 3 is 2.24 bits per heavy atom. The molecule has 5 rings (SSSR count). The summed E-state index contributed by atoms with van der Waals surface area (Å²) < 4.78 is 34.6. The first-order chi connectivity index (χ1) is 28.0. The van der Waals surface area contributed by atoms with E-state index in [0.717, 1.165) is 17.7 Å². The van der Waals surface area contributed by atoms with Crippen molar-refractivity contribution in [2.75, 3.05) is 19.6 Å². The molecule has 59 heavy (non-hydrogen) atoms. The molecule has 4 heterocycles. The number of cyclic esters (lactones) is 1.